The molecule has 0 fully saturated rings. The first kappa shape index (κ1) is 18.5. The van der Waals surface area contributed by atoms with Gasteiger partial charge in [0.05, 0.1) is 24.1 Å². The summed E-state index contributed by atoms with van der Waals surface area (Å²) in [5, 5.41) is 7.69. The molecule has 8 nitrogen and oxygen atoms in total. The van der Waals surface area contributed by atoms with Crippen LogP contribution in [0.15, 0.2) is 64.9 Å². The van der Waals surface area contributed by atoms with Crippen LogP contribution in [0.1, 0.15) is 5.56 Å². The van der Waals surface area contributed by atoms with E-state index in [-0.39, 0.29) is 18.2 Å². The van der Waals surface area contributed by atoms with Gasteiger partial charge in [-0.05, 0) is 23.8 Å². The van der Waals surface area contributed by atoms with Crippen molar-refractivity contribution in [3.05, 3.63) is 71.0 Å². The minimum absolute atomic E-state index is 0.0830. The number of amidine groups is 1. The molecule has 0 bridgehead atoms. The largest absolute Gasteiger partial charge is 0.330 e. The Labute approximate surface area is 166 Å². The summed E-state index contributed by atoms with van der Waals surface area (Å²) in [6, 6.07) is 9.13. The fourth-order valence-corrected chi connectivity index (χ4v) is 4.04. The van der Waals surface area contributed by atoms with Gasteiger partial charge in [0, 0.05) is 23.8 Å². The molecule has 1 aromatic heterocycles. The Morgan fingerprint density at radius 2 is 2.04 bits per heavy atom. The maximum absolute atomic E-state index is 12.7. The number of carbonyl (C=O) groups is 1. The molecule has 10 heteroatoms. The highest BCUT2D eigenvalue weighted by molar-refractivity contribution is 7.90. The summed E-state index contributed by atoms with van der Waals surface area (Å²) in [4.78, 5) is 14.3. The number of nitrogens with zero attached hydrogens (tertiary/aromatic N) is 4. The van der Waals surface area contributed by atoms with Crippen LogP contribution in [-0.2, 0) is 21.4 Å². The van der Waals surface area contributed by atoms with Crippen LogP contribution in [0.4, 0.5) is 5.82 Å². The van der Waals surface area contributed by atoms with Crippen molar-refractivity contribution in [3.63, 3.8) is 0 Å². The maximum Gasteiger partial charge on any atom is 0.258 e. The SMILES string of the molecule is O=C(Nc1ccnn1Cc1ccccc1Cl)C1=CN2CCS(=O)(=O)N=C2C=C1. The highest BCUT2D eigenvalue weighted by Gasteiger charge is 2.25. The van der Waals surface area contributed by atoms with Gasteiger partial charge < -0.3 is 10.2 Å². The van der Waals surface area contributed by atoms with Crippen LogP contribution >= 0.6 is 11.6 Å². The quantitative estimate of drug-likeness (QED) is 0.820. The second-order valence-corrected chi connectivity index (χ2v) is 8.43. The number of hydrogen-bond donors (Lipinski definition) is 1. The zero-order valence-corrected chi connectivity index (χ0v) is 16.2. The predicted octanol–water partition coefficient (Wildman–Crippen LogP) is 2.02. The van der Waals surface area contributed by atoms with Crippen LogP contribution in [0.25, 0.3) is 0 Å². The molecule has 2 aromatic rings. The Morgan fingerprint density at radius 1 is 1.21 bits per heavy atom. The topological polar surface area (TPSA) is 96.7 Å². The molecular weight excluding hydrogens is 402 g/mol. The van der Waals surface area contributed by atoms with Crippen molar-refractivity contribution in [1.29, 1.82) is 0 Å². The van der Waals surface area contributed by atoms with Crippen molar-refractivity contribution < 1.29 is 13.2 Å². The lowest BCUT2D eigenvalue weighted by molar-refractivity contribution is -0.112. The molecular formula is C18H16ClN5O3S. The first-order valence-electron chi connectivity index (χ1n) is 8.47. The van der Waals surface area contributed by atoms with E-state index < -0.39 is 10.0 Å². The molecule has 0 radical (unpaired) electrons. The predicted molar refractivity (Wildman–Crippen MR) is 107 cm³/mol. The van der Waals surface area contributed by atoms with E-state index in [0.717, 1.165) is 5.56 Å². The molecule has 1 aromatic carbocycles. The molecule has 1 amide bonds. The molecule has 0 atom stereocenters. The van der Waals surface area contributed by atoms with E-state index in [4.69, 9.17) is 11.6 Å². The summed E-state index contributed by atoms with van der Waals surface area (Å²) in [6.45, 7) is 0.671. The molecule has 0 unspecified atom stereocenters. The number of amides is 1. The van der Waals surface area contributed by atoms with E-state index in [9.17, 15) is 13.2 Å². The second-order valence-electron chi connectivity index (χ2n) is 6.27. The third-order valence-corrected chi connectivity index (χ3v) is 5.85. The van der Waals surface area contributed by atoms with Gasteiger partial charge in [0.1, 0.15) is 11.7 Å². The summed E-state index contributed by atoms with van der Waals surface area (Å²) in [5.74, 6) is 0.427. The van der Waals surface area contributed by atoms with Gasteiger partial charge >= 0.3 is 0 Å². The van der Waals surface area contributed by atoms with Gasteiger partial charge in [-0.3, -0.25) is 4.79 Å². The molecule has 4 rings (SSSR count). The van der Waals surface area contributed by atoms with Crippen LogP contribution < -0.4 is 5.32 Å². The molecule has 2 aliphatic rings. The van der Waals surface area contributed by atoms with E-state index in [1.807, 2.05) is 18.2 Å². The number of rotatable bonds is 4. The number of carbonyl (C=O) groups excluding carboxylic acids is 1. The lowest BCUT2D eigenvalue weighted by Crippen LogP contribution is -2.37. The van der Waals surface area contributed by atoms with Crippen LogP contribution in [0.5, 0.6) is 0 Å². The smallest absolute Gasteiger partial charge is 0.258 e. The Kier molecular flexibility index (Phi) is 4.78. The molecule has 0 aliphatic carbocycles. The fraction of sp³-hybridized carbons (Fsp3) is 0.167. The molecule has 0 saturated carbocycles. The van der Waals surface area contributed by atoms with Crippen molar-refractivity contribution in [2.75, 3.05) is 17.6 Å². The number of nitrogens with one attached hydrogen (secondary N) is 1. The van der Waals surface area contributed by atoms with Crippen LogP contribution in [0.2, 0.25) is 5.02 Å². The number of anilines is 1. The Balaban J connectivity index is 1.50. The van der Waals surface area contributed by atoms with E-state index in [2.05, 4.69) is 14.8 Å². The first-order chi connectivity index (χ1) is 13.4. The monoisotopic (exact) mass is 417 g/mol. The van der Waals surface area contributed by atoms with E-state index >= 15 is 0 Å². The third-order valence-electron chi connectivity index (χ3n) is 4.32. The summed E-state index contributed by atoms with van der Waals surface area (Å²) in [5.41, 5.74) is 1.28. The number of halogens is 1. The highest BCUT2D eigenvalue weighted by atomic mass is 35.5. The molecule has 2 aliphatic heterocycles. The van der Waals surface area contributed by atoms with Crippen LogP contribution in [-0.4, -0.2) is 47.1 Å². The number of benzene rings is 1. The molecule has 0 spiro atoms. The van der Waals surface area contributed by atoms with Crippen molar-refractivity contribution in [3.8, 4) is 0 Å². The van der Waals surface area contributed by atoms with Gasteiger partial charge in [-0.1, -0.05) is 29.8 Å². The van der Waals surface area contributed by atoms with Crippen LogP contribution in [0.3, 0.4) is 0 Å². The first-order valence-corrected chi connectivity index (χ1v) is 10.5. The molecule has 0 saturated heterocycles. The zero-order valence-electron chi connectivity index (χ0n) is 14.6. The van der Waals surface area contributed by atoms with Gasteiger partial charge in [0.15, 0.2) is 0 Å². The summed E-state index contributed by atoms with van der Waals surface area (Å²) >= 11 is 6.20. The summed E-state index contributed by atoms with van der Waals surface area (Å²) in [7, 11) is -3.43. The highest BCUT2D eigenvalue weighted by Crippen LogP contribution is 2.20. The molecule has 3 heterocycles. The number of sulfonamides is 1. The zero-order chi connectivity index (χ0) is 19.7. The molecule has 28 heavy (non-hydrogen) atoms. The Bertz CT molecular complexity index is 1130. The number of hydrogen-bond acceptors (Lipinski definition) is 5. The number of fused-ring (bicyclic) bond motifs is 1. The summed E-state index contributed by atoms with van der Waals surface area (Å²) < 4.78 is 28.5. The van der Waals surface area contributed by atoms with Gasteiger partial charge in [-0.2, -0.15) is 5.10 Å². The average Bonchev–Trinajstić information content (AvgIpc) is 3.09. The van der Waals surface area contributed by atoms with Gasteiger partial charge in [0.2, 0.25) is 0 Å². The van der Waals surface area contributed by atoms with E-state index in [1.54, 1.807) is 40.2 Å². The normalized spacial score (nSPS) is 17.5. The van der Waals surface area contributed by atoms with Crippen LogP contribution in [0, 0.1) is 0 Å². The maximum atomic E-state index is 12.7. The average molecular weight is 418 g/mol. The van der Waals surface area contributed by atoms with E-state index in [0.29, 0.717) is 28.8 Å². The van der Waals surface area contributed by atoms with Crippen molar-refractivity contribution >= 4 is 39.2 Å². The lowest BCUT2D eigenvalue weighted by Gasteiger charge is -2.26. The summed E-state index contributed by atoms with van der Waals surface area (Å²) in [6.07, 6.45) is 6.25. The Hall–Kier alpha value is -2.91. The second kappa shape index (κ2) is 7.25. The number of aromatic nitrogens is 2. The minimum Gasteiger partial charge on any atom is -0.330 e. The van der Waals surface area contributed by atoms with Crippen molar-refractivity contribution in [1.82, 2.24) is 14.7 Å². The molecule has 144 valence electrons. The molecule has 1 N–H and O–H groups in total. The minimum atomic E-state index is -3.43. The lowest BCUT2D eigenvalue weighted by atomic mass is 10.2. The Morgan fingerprint density at radius 3 is 2.86 bits per heavy atom. The third kappa shape index (κ3) is 3.85. The van der Waals surface area contributed by atoms with Gasteiger partial charge in [0.25, 0.3) is 15.9 Å². The van der Waals surface area contributed by atoms with Crippen molar-refractivity contribution in [2.45, 2.75) is 6.54 Å². The fourth-order valence-electron chi connectivity index (χ4n) is 2.88. The van der Waals surface area contributed by atoms with Crippen molar-refractivity contribution in [2.24, 2.45) is 4.40 Å². The van der Waals surface area contributed by atoms with E-state index in [1.165, 1.54) is 6.08 Å². The van der Waals surface area contributed by atoms with Gasteiger partial charge in [-0.15, -0.1) is 4.40 Å². The van der Waals surface area contributed by atoms with Gasteiger partial charge in [-0.25, -0.2) is 13.1 Å². The standard InChI is InChI=1S/C18H16ClN5O3S/c19-15-4-2-1-3-13(15)12-24-16(7-8-20-24)21-18(25)14-5-6-17-22-28(26,27)10-9-23(17)11-14/h1-8,11H,9-10,12H2,(H,21,25).